The molecule has 0 aliphatic carbocycles. The van der Waals surface area contributed by atoms with E-state index >= 15 is 0 Å². The average Bonchev–Trinajstić information content (AvgIpc) is 2.35. The van der Waals surface area contributed by atoms with Crippen LogP contribution < -0.4 is 0 Å². The van der Waals surface area contributed by atoms with Gasteiger partial charge in [-0.3, -0.25) is 0 Å². The summed E-state index contributed by atoms with van der Waals surface area (Å²) in [4.78, 5) is 0. The van der Waals surface area contributed by atoms with Gasteiger partial charge in [0.15, 0.2) is 0 Å². The van der Waals surface area contributed by atoms with E-state index in [4.69, 9.17) is 13.3 Å². The molecule has 0 amide bonds. The van der Waals surface area contributed by atoms with Crippen molar-refractivity contribution >= 4 is 8.80 Å². The molecular formula is C14H30O3Si. The topological polar surface area (TPSA) is 27.7 Å². The van der Waals surface area contributed by atoms with E-state index < -0.39 is 8.80 Å². The van der Waals surface area contributed by atoms with Crippen LogP contribution in [-0.2, 0) is 13.3 Å². The van der Waals surface area contributed by atoms with Gasteiger partial charge >= 0.3 is 8.80 Å². The van der Waals surface area contributed by atoms with Crippen molar-refractivity contribution < 1.29 is 13.3 Å². The summed E-state index contributed by atoms with van der Waals surface area (Å²) in [5.41, 5.74) is 0. The van der Waals surface area contributed by atoms with Crippen LogP contribution in [0.25, 0.3) is 0 Å². The first-order valence-corrected chi connectivity index (χ1v) is 9.20. The number of allylic oxidation sites excluding steroid dienone is 2. The molecule has 0 saturated heterocycles. The van der Waals surface area contributed by atoms with Gasteiger partial charge in [0, 0.05) is 25.9 Å². The van der Waals surface area contributed by atoms with E-state index in [1.165, 1.54) is 19.3 Å². The highest BCUT2D eigenvalue weighted by atomic mass is 28.4. The minimum absolute atomic E-state index is 0.671. The van der Waals surface area contributed by atoms with Crippen molar-refractivity contribution in [3.05, 3.63) is 12.2 Å². The molecule has 0 aliphatic rings. The van der Waals surface area contributed by atoms with E-state index in [1.807, 2.05) is 20.8 Å². The SMILES string of the molecule is CC=CCCCCC[Si](OCC)(OCC)OCC. The molecule has 0 radical (unpaired) electrons. The zero-order valence-corrected chi connectivity index (χ0v) is 13.5. The Morgan fingerprint density at radius 3 is 1.83 bits per heavy atom. The van der Waals surface area contributed by atoms with Gasteiger partial charge in [0.25, 0.3) is 0 Å². The number of hydrogen-bond donors (Lipinski definition) is 0. The van der Waals surface area contributed by atoms with Gasteiger partial charge in [-0.05, 0) is 47.0 Å². The smallest absolute Gasteiger partial charge is 0.374 e. The molecule has 0 spiro atoms. The maximum Gasteiger partial charge on any atom is 0.500 e. The molecule has 0 fully saturated rings. The van der Waals surface area contributed by atoms with Crippen LogP contribution in [0.5, 0.6) is 0 Å². The molecule has 0 N–H and O–H groups in total. The summed E-state index contributed by atoms with van der Waals surface area (Å²) >= 11 is 0. The van der Waals surface area contributed by atoms with Gasteiger partial charge in [0.2, 0.25) is 0 Å². The van der Waals surface area contributed by atoms with Crippen molar-refractivity contribution in [2.75, 3.05) is 19.8 Å². The predicted octanol–water partition coefficient (Wildman–Crippen LogP) is 4.17. The summed E-state index contributed by atoms with van der Waals surface area (Å²) in [5, 5.41) is 0. The molecule has 0 unspecified atom stereocenters. The van der Waals surface area contributed by atoms with Crippen LogP contribution in [0.15, 0.2) is 12.2 Å². The van der Waals surface area contributed by atoms with Gasteiger partial charge < -0.3 is 13.3 Å². The highest BCUT2D eigenvalue weighted by Gasteiger charge is 2.39. The van der Waals surface area contributed by atoms with E-state index in [9.17, 15) is 0 Å². The molecule has 4 heteroatoms. The molecular weight excluding hydrogens is 244 g/mol. The van der Waals surface area contributed by atoms with Gasteiger partial charge in [-0.15, -0.1) is 0 Å². The second kappa shape index (κ2) is 11.9. The maximum absolute atomic E-state index is 5.82. The fourth-order valence-corrected chi connectivity index (χ4v) is 4.63. The molecule has 108 valence electrons. The van der Waals surface area contributed by atoms with Crippen molar-refractivity contribution in [3.8, 4) is 0 Å². The van der Waals surface area contributed by atoms with Crippen LogP contribution in [0.4, 0.5) is 0 Å². The Morgan fingerprint density at radius 1 is 0.833 bits per heavy atom. The molecule has 0 rings (SSSR count). The predicted molar refractivity (Wildman–Crippen MR) is 78.7 cm³/mol. The van der Waals surface area contributed by atoms with Crippen LogP contribution in [0.3, 0.4) is 0 Å². The fraction of sp³-hybridized carbons (Fsp3) is 0.857. The van der Waals surface area contributed by atoms with Gasteiger partial charge in [-0.2, -0.15) is 0 Å². The molecule has 18 heavy (non-hydrogen) atoms. The lowest BCUT2D eigenvalue weighted by Gasteiger charge is -2.28. The Kier molecular flexibility index (Phi) is 11.8. The molecule has 3 nitrogen and oxygen atoms in total. The first-order chi connectivity index (χ1) is 8.74. The molecule has 0 aliphatic heterocycles. The van der Waals surface area contributed by atoms with Crippen molar-refractivity contribution in [2.45, 2.75) is 59.4 Å². The Hall–Kier alpha value is -0.163. The number of rotatable bonds is 12. The summed E-state index contributed by atoms with van der Waals surface area (Å²) in [6.07, 6.45) is 9.08. The highest BCUT2D eigenvalue weighted by molar-refractivity contribution is 6.60. The largest absolute Gasteiger partial charge is 0.500 e. The molecule has 0 aromatic rings. The van der Waals surface area contributed by atoms with Crippen molar-refractivity contribution in [2.24, 2.45) is 0 Å². The van der Waals surface area contributed by atoms with E-state index in [-0.39, 0.29) is 0 Å². The minimum atomic E-state index is -2.38. The van der Waals surface area contributed by atoms with Crippen molar-refractivity contribution in [3.63, 3.8) is 0 Å². The third-order valence-corrected chi connectivity index (χ3v) is 5.83. The summed E-state index contributed by atoms with van der Waals surface area (Å²) in [6.45, 7) is 10.1. The third-order valence-electron chi connectivity index (χ3n) is 2.68. The summed E-state index contributed by atoms with van der Waals surface area (Å²) in [7, 11) is -2.38. The van der Waals surface area contributed by atoms with E-state index in [1.54, 1.807) is 0 Å². The minimum Gasteiger partial charge on any atom is -0.374 e. The molecule has 0 atom stereocenters. The van der Waals surface area contributed by atoms with Gasteiger partial charge in [0.05, 0.1) is 0 Å². The molecule has 0 aromatic carbocycles. The second-order valence-electron chi connectivity index (χ2n) is 4.15. The third kappa shape index (κ3) is 8.03. The number of hydrogen-bond acceptors (Lipinski definition) is 3. The Morgan fingerprint density at radius 2 is 1.39 bits per heavy atom. The van der Waals surface area contributed by atoms with Crippen LogP contribution in [0.2, 0.25) is 6.04 Å². The molecule has 0 heterocycles. The molecule has 0 saturated carbocycles. The van der Waals surface area contributed by atoms with Crippen LogP contribution in [0.1, 0.15) is 53.4 Å². The zero-order chi connectivity index (χ0) is 13.7. The lowest BCUT2D eigenvalue weighted by Crippen LogP contribution is -2.45. The standard InChI is InChI=1S/C14H30O3Si/c1-5-9-10-11-12-13-14-18(15-6-2,16-7-3)17-8-4/h5,9H,6-8,10-14H2,1-4H3. The normalized spacial score (nSPS) is 12.4. The summed E-state index contributed by atoms with van der Waals surface area (Å²) < 4.78 is 17.5. The van der Waals surface area contributed by atoms with Crippen LogP contribution >= 0.6 is 0 Å². The second-order valence-corrected chi connectivity index (χ2v) is 6.88. The first kappa shape index (κ1) is 17.8. The first-order valence-electron chi connectivity index (χ1n) is 7.27. The van der Waals surface area contributed by atoms with Gasteiger partial charge in [-0.1, -0.05) is 18.6 Å². The fourth-order valence-electron chi connectivity index (χ4n) is 1.95. The van der Waals surface area contributed by atoms with Crippen molar-refractivity contribution in [1.29, 1.82) is 0 Å². The Balaban J connectivity index is 4.04. The Bertz CT molecular complexity index is 190. The average molecular weight is 274 g/mol. The van der Waals surface area contributed by atoms with E-state index in [0.29, 0.717) is 19.8 Å². The lowest BCUT2D eigenvalue weighted by atomic mass is 10.2. The number of unbranched alkanes of at least 4 members (excludes halogenated alkanes) is 3. The lowest BCUT2D eigenvalue weighted by molar-refractivity contribution is 0.0706. The van der Waals surface area contributed by atoms with Crippen LogP contribution in [0, 0.1) is 0 Å². The van der Waals surface area contributed by atoms with Gasteiger partial charge in [0.1, 0.15) is 0 Å². The summed E-state index contributed by atoms with van der Waals surface area (Å²) in [6, 6.07) is 0.943. The maximum atomic E-state index is 5.82. The van der Waals surface area contributed by atoms with Crippen LogP contribution in [-0.4, -0.2) is 28.6 Å². The molecule has 0 aromatic heterocycles. The zero-order valence-electron chi connectivity index (χ0n) is 12.5. The molecule has 0 bridgehead atoms. The highest BCUT2D eigenvalue weighted by Crippen LogP contribution is 2.20. The summed E-state index contributed by atoms with van der Waals surface area (Å²) in [5.74, 6) is 0. The Labute approximate surface area is 114 Å². The monoisotopic (exact) mass is 274 g/mol. The van der Waals surface area contributed by atoms with Gasteiger partial charge in [-0.25, -0.2) is 0 Å². The quantitative estimate of drug-likeness (QED) is 0.304. The van der Waals surface area contributed by atoms with E-state index in [2.05, 4.69) is 19.1 Å². The van der Waals surface area contributed by atoms with E-state index in [0.717, 1.165) is 12.5 Å². The van der Waals surface area contributed by atoms with Crippen molar-refractivity contribution in [1.82, 2.24) is 0 Å².